The summed E-state index contributed by atoms with van der Waals surface area (Å²) in [6.45, 7) is 15.1. The predicted molar refractivity (Wildman–Crippen MR) is 139 cm³/mol. The lowest BCUT2D eigenvalue weighted by Crippen LogP contribution is -2.46. The maximum absolute atomic E-state index is 11.9. The SMILES string of the molecule is CCO[Si](CCCNC(=O)OCCOC(=O)NCCC[Si](OCC)(OCC)OCC)(OCC)OCC. The van der Waals surface area contributed by atoms with Crippen molar-refractivity contribution in [2.24, 2.45) is 0 Å². The van der Waals surface area contributed by atoms with E-state index in [0.717, 1.165) is 0 Å². The van der Waals surface area contributed by atoms with E-state index in [1.807, 2.05) is 41.5 Å². The van der Waals surface area contributed by atoms with Gasteiger partial charge in [-0.15, -0.1) is 0 Å². The van der Waals surface area contributed by atoms with Crippen LogP contribution in [-0.4, -0.2) is 95.7 Å². The Morgan fingerprint density at radius 2 is 0.806 bits per heavy atom. The van der Waals surface area contributed by atoms with Crippen LogP contribution in [-0.2, 0) is 36.0 Å². The van der Waals surface area contributed by atoms with Crippen LogP contribution in [0.5, 0.6) is 0 Å². The monoisotopic (exact) mass is 556 g/mol. The average Bonchev–Trinajstić information content (AvgIpc) is 2.83. The largest absolute Gasteiger partial charge is 0.500 e. The second-order valence-electron chi connectivity index (χ2n) is 7.30. The van der Waals surface area contributed by atoms with E-state index in [4.69, 9.17) is 36.0 Å². The highest BCUT2D eigenvalue weighted by Gasteiger charge is 2.40. The van der Waals surface area contributed by atoms with Crippen LogP contribution in [0, 0.1) is 0 Å². The molecule has 0 spiro atoms. The summed E-state index contributed by atoms with van der Waals surface area (Å²) in [5.74, 6) is 0. The standard InChI is InChI=1S/C22H48N2O10Si2/c1-7-29-35(30-8-2,31-9-3)19-13-15-23-21(25)27-17-18-28-22(26)24-16-14-20-36(32-10-4,33-11-5)34-12-6/h7-20H2,1-6H3,(H,23,25)(H,24,26). The molecule has 0 unspecified atom stereocenters. The molecule has 12 nitrogen and oxygen atoms in total. The summed E-state index contributed by atoms with van der Waals surface area (Å²) < 4.78 is 44.8. The van der Waals surface area contributed by atoms with Crippen molar-refractivity contribution < 1.29 is 45.6 Å². The van der Waals surface area contributed by atoms with E-state index in [9.17, 15) is 9.59 Å². The molecule has 0 aromatic carbocycles. The molecule has 0 fully saturated rings. The maximum atomic E-state index is 11.9. The first-order chi connectivity index (χ1) is 17.4. The van der Waals surface area contributed by atoms with Gasteiger partial charge in [0, 0.05) is 64.8 Å². The molecular weight excluding hydrogens is 508 g/mol. The van der Waals surface area contributed by atoms with Gasteiger partial charge >= 0.3 is 29.8 Å². The zero-order valence-corrected chi connectivity index (χ0v) is 25.0. The van der Waals surface area contributed by atoms with Gasteiger partial charge in [-0.2, -0.15) is 0 Å². The first kappa shape index (κ1) is 34.7. The van der Waals surface area contributed by atoms with Crippen LogP contribution in [0.2, 0.25) is 12.1 Å². The van der Waals surface area contributed by atoms with Gasteiger partial charge in [-0.25, -0.2) is 9.59 Å². The van der Waals surface area contributed by atoms with Crippen LogP contribution in [0.25, 0.3) is 0 Å². The average molecular weight is 557 g/mol. The summed E-state index contributed by atoms with van der Waals surface area (Å²) in [6.07, 6.45) is 0.0831. The second-order valence-corrected chi connectivity index (χ2v) is 12.8. The molecule has 0 bridgehead atoms. The molecule has 0 atom stereocenters. The maximum Gasteiger partial charge on any atom is 0.500 e. The molecule has 36 heavy (non-hydrogen) atoms. The van der Waals surface area contributed by atoms with Crippen molar-refractivity contribution in [1.82, 2.24) is 10.6 Å². The van der Waals surface area contributed by atoms with Crippen LogP contribution in [0.4, 0.5) is 9.59 Å². The van der Waals surface area contributed by atoms with Crippen LogP contribution < -0.4 is 10.6 Å². The molecule has 0 heterocycles. The van der Waals surface area contributed by atoms with Crippen LogP contribution >= 0.6 is 0 Å². The lowest BCUT2D eigenvalue weighted by Gasteiger charge is -2.28. The zero-order valence-electron chi connectivity index (χ0n) is 23.0. The Morgan fingerprint density at radius 1 is 0.528 bits per heavy atom. The quantitative estimate of drug-likeness (QED) is 0.143. The lowest BCUT2D eigenvalue weighted by atomic mass is 10.5. The number of hydrogen-bond donors (Lipinski definition) is 2. The van der Waals surface area contributed by atoms with E-state index in [2.05, 4.69) is 10.6 Å². The fourth-order valence-corrected chi connectivity index (χ4v) is 8.59. The van der Waals surface area contributed by atoms with Gasteiger partial charge in [-0.1, -0.05) is 0 Å². The first-order valence-electron chi connectivity index (χ1n) is 13.0. The molecule has 0 aliphatic rings. The van der Waals surface area contributed by atoms with Crippen molar-refractivity contribution in [3.8, 4) is 0 Å². The van der Waals surface area contributed by atoms with Crippen LogP contribution in [0.3, 0.4) is 0 Å². The van der Waals surface area contributed by atoms with Crippen LogP contribution in [0.15, 0.2) is 0 Å². The molecule has 14 heteroatoms. The number of amides is 2. The van der Waals surface area contributed by atoms with E-state index in [0.29, 0.717) is 77.7 Å². The summed E-state index contributed by atoms with van der Waals surface area (Å²) in [4.78, 5) is 23.7. The Labute approximate surface area is 218 Å². The smallest absolute Gasteiger partial charge is 0.446 e. The van der Waals surface area contributed by atoms with Crippen molar-refractivity contribution in [3.63, 3.8) is 0 Å². The summed E-state index contributed by atoms with van der Waals surface area (Å²) in [5.41, 5.74) is 0. The molecule has 0 aromatic heterocycles. The Balaban J connectivity index is 4.07. The topological polar surface area (TPSA) is 132 Å². The molecule has 0 rings (SSSR count). The highest BCUT2D eigenvalue weighted by Crippen LogP contribution is 2.18. The van der Waals surface area contributed by atoms with Gasteiger partial charge in [0.2, 0.25) is 0 Å². The number of alkyl carbamates (subject to hydrolysis) is 2. The van der Waals surface area contributed by atoms with E-state index >= 15 is 0 Å². The molecule has 214 valence electrons. The van der Waals surface area contributed by atoms with Gasteiger partial charge < -0.3 is 46.7 Å². The number of carbonyl (C=O) groups excluding carboxylic acids is 2. The number of hydrogen-bond acceptors (Lipinski definition) is 10. The van der Waals surface area contributed by atoms with Crippen molar-refractivity contribution in [1.29, 1.82) is 0 Å². The van der Waals surface area contributed by atoms with Crippen molar-refractivity contribution in [2.45, 2.75) is 66.5 Å². The first-order valence-corrected chi connectivity index (χ1v) is 16.9. The molecule has 0 aliphatic heterocycles. The molecule has 0 aromatic rings. The van der Waals surface area contributed by atoms with Crippen LogP contribution in [0.1, 0.15) is 54.4 Å². The van der Waals surface area contributed by atoms with Gasteiger partial charge in [0.05, 0.1) is 0 Å². The molecule has 0 saturated carbocycles. The molecule has 0 radical (unpaired) electrons. The highest BCUT2D eigenvalue weighted by molar-refractivity contribution is 6.61. The molecule has 0 saturated heterocycles. The fraction of sp³-hybridized carbons (Fsp3) is 0.909. The van der Waals surface area contributed by atoms with Gasteiger partial charge in [0.25, 0.3) is 0 Å². The summed E-state index contributed by atoms with van der Waals surface area (Å²) in [7, 11) is -5.45. The third-order valence-corrected chi connectivity index (χ3v) is 10.9. The third-order valence-electron chi connectivity index (χ3n) is 4.59. The normalized spacial score (nSPS) is 11.8. The minimum Gasteiger partial charge on any atom is -0.446 e. The van der Waals surface area contributed by atoms with Gasteiger partial charge in [0.1, 0.15) is 13.2 Å². The van der Waals surface area contributed by atoms with E-state index in [1.165, 1.54) is 0 Å². The Kier molecular flexibility index (Phi) is 21.0. The van der Waals surface area contributed by atoms with Crippen molar-refractivity contribution >= 4 is 29.8 Å². The Bertz CT molecular complexity index is 493. The summed E-state index contributed by atoms with van der Waals surface area (Å²) >= 11 is 0. The number of rotatable bonds is 23. The van der Waals surface area contributed by atoms with Gasteiger partial charge in [0.15, 0.2) is 0 Å². The predicted octanol–water partition coefficient (Wildman–Crippen LogP) is 3.32. The summed E-state index contributed by atoms with van der Waals surface area (Å²) in [5, 5.41) is 5.33. The number of carbonyl (C=O) groups is 2. The van der Waals surface area contributed by atoms with E-state index in [-0.39, 0.29) is 13.2 Å². The van der Waals surface area contributed by atoms with Crippen molar-refractivity contribution in [3.05, 3.63) is 0 Å². The van der Waals surface area contributed by atoms with Gasteiger partial charge in [-0.3, -0.25) is 0 Å². The third kappa shape index (κ3) is 15.8. The van der Waals surface area contributed by atoms with Gasteiger partial charge in [-0.05, 0) is 54.4 Å². The molecule has 0 aliphatic carbocycles. The minimum absolute atomic E-state index is 0.0518. The lowest BCUT2D eigenvalue weighted by molar-refractivity contribution is 0.0696. The van der Waals surface area contributed by atoms with E-state index in [1.54, 1.807) is 0 Å². The second kappa shape index (κ2) is 21.8. The Morgan fingerprint density at radius 3 is 1.06 bits per heavy atom. The molecular formula is C22H48N2O10Si2. The number of ether oxygens (including phenoxy) is 2. The van der Waals surface area contributed by atoms with E-state index < -0.39 is 29.8 Å². The molecule has 2 amide bonds. The molecule has 2 N–H and O–H groups in total. The van der Waals surface area contributed by atoms with Crippen molar-refractivity contribution in [2.75, 3.05) is 65.9 Å². The fourth-order valence-electron chi connectivity index (χ4n) is 3.36. The highest BCUT2D eigenvalue weighted by atomic mass is 28.4. The Hall–Kier alpha value is -1.27. The zero-order chi connectivity index (χ0) is 27.1. The number of nitrogens with one attached hydrogen (secondary N) is 2. The minimum atomic E-state index is -2.72. The summed E-state index contributed by atoms with van der Waals surface area (Å²) in [6, 6.07) is 1.19.